The van der Waals surface area contributed by atoms with E-state index in [9.17, 15) is 13.2 Å². The molecule has 1 amide bonds. The third-order valence-electron chi connectivity index (χ3n) is 2.73. The van der Waals surface area contributed by atoms with Gasteiger partial charge in [0, 0.05) is 13.0 Å². The molecule has 1 aliphatic heterocycles. The molecule has 7 nitrogen and oxygen atoms in total. The Balaban J connectivity index is 2.31. The second-order valence-corrected chi connectivity index (χ2v) is 5.76. The molecule has 2 heterocycles. The molecule has 0 radical (unpaired) electrons. The van der Waals surface area contributed by atoms with Gasteiger partial charge in [-0.1, -0.05) is 0 Å². The van der Waals surface area contributed by atoms with Gasteiger partial charge in [0.2, 0.25) is 15.9 Å². The zero-order valence-electron chi connectivity index (χ0n) is 9.20. The van der Waals surface area contributed by atoms with Crippen molar-refractivity contribution in [1.29, 1.82) is 0 Å². The van der Waals surface area contributed by atoms with Crippen LogP contribution in [-0.4, -0.2) is 36.1 Å². The molecule has 0 bridgehead atoms. The van der Waals surface area contributed by atoms with Crippen molar-refractivity contribution in [2.75, 3.05) is 11.4 Å². The monoisotopic (exact) mass is 256 g/mol. The van der Waals surface area contributed by atoms with Gasteiger partial charge in [-0.3, -0.25) is 4.79 Å². The third-order valence-corrected chi connectivity index (χ3v) is 3.98. The van der Waals surface area contributed by atoms with E-state index in [1.54, 1.807) is 6.92 Å². The lowest BCUT2D eigenvalue weighted by molar-refractivity contribution is -0.117. The topological polar surface area (TPSA) is 106 Å². The van der Waals surface area contributed by atoms with Crippen molar-refractivity contribution in [3.8, 4) is 0 Å². The first-order valence-corrected chi connectivity index (χ1v) is 6.59. The molecule has 1 aromatic rings. The Morgan fingerprint density at radius 1 is 1.53 bits per heavy atom. The first-order chi connectivity index (χ1) is 7.89. The number of hydrogen-bond acceptors (Lipinski definition) is 5. The van der Waals surface area contributed by atoms with Crippen molar-refractivity contribution >= 4 is 21.6 Å². The van der Waals surface area contributed by atoms with E-state index in [-0.39, 0.29) is 18.9 Å². The molecule has 2 N–H and O–H groups in total. The van der Waals surface area contributed by atoms with Gasteiger partial charge in [-0.15, -0.1) is 0 Å². The highest BCUT2D eigenvalue weighted by Gasteiger charge is 2.37. The number of carbonyl (C=O) groups excluding carboxylic acids is 1. The summed E-state index contributed by atoms with van der Waals surface area (Å²) < 4.78 is 22.4. The molecule has 1 aliphatic rings. The van der Waals surface area contributed by atoms with Crippen LogP contribution in [0.4, 0.5) is 5.69 Å². The number of hydrogen-bond donors (Lipinski definition) is 1. The van der Waals surface area contributed by atoms with Crippen LogP contribution in [0.5, 0.6) is 0 Å². The summed E-state index contributed by atoms with van der Waals surface area (Å²) in [7, 11) is -3.69. The molecule has 2 rings (SSSR count). The first-order valence-electron chi connectivity index (χ1n) is 4.98. The van der Waals surface area contributed by atoms with Crippen LogP contribution < -0.4 is 10.0 Å². The minimum atomic E-state index is -3.69. The predicted molar refractivity (Wildman–Crippen MR) is 60.6 cm³/mol. The molecule has 0 spiro atoms. The number of carbonyl (C=O) groups is 1. The fraction of sp³-hybridized carbons (Fsp3) is 0.444. The fourth-order valence-electron chi connectivity index (χ4n) is 1.78. The third kappa shape index (κ3) is 2.27. The average molecular weight is 256 g/mol. The lowest BCUT2D eigenvalue weighted by Gasteiger charge is -2.17. The standard InChI is InChI=1S/C9H12N4O3S/c1-6-8(3-11-5-12-6)13-4-7(2-9(13)14)17(10,15)16/h3,5,7H,2,4H2,1H3,(H2,10,15,16). The summed E-state index contributed by atoms with van der Waals surface area (Å²) in [5, 5.41) is 4.19. The molecule has 92 valence electrons. The van der Waals surface area contributed by atoms with Crippen LogP contribution in [-0.2, 0) is 14.8 Å². The molecule has 1 fully saturated rings. The maximum absolute atomic E-state index is 11.7. The van der Waals surface area contributed by atoms with E-state index >= 15 is 0 Å². The summed E-state index contributed by atoms with van der Waals surface area (Å²) in [4.78, 5) is 20.9. The van der Waals surface area contributed by atoms with Gasteiger partial charge in [0.1, 0.15) is 11.6 Å². The van der Waals surface area contributed by atoms with Gasteiger partial charge in [-0.05, 0) is 6.92 Å². The Kier molecular flexibility index (Phi) is 2.84. The van der Waals surface area contributed by atoms with Gasteiger partial charge in [0.25, 0.3) is 0 Å². The lowest BCUT2D eigenvalue weighted by Crippen LogP contribution is -2.32. The maximum Gasteiger partial charge on any atom is 0.228 e. The summed E-state index contributed by atoms with van der Waals surface area (Å²) in [6.07, 6.45) is 2.77. The number of rotatable bonds is 2. The molecule has 0 aliphatic carbocycles. The average Bonchev–Trinajstić information content (AvgIpc) is 2.61. The number of amides is 1. The molecule has 1 atom stereocenters. The molecule has 17 heavy (non-hydrogen) atoms. The number of nitrogens with two attached hydrogens (primary N) is 1. The summed E-state index contributed by atoms with van der Waals surface area (Å²) in [6, 6.07) is 0. The van der Waals surface area contributed by atoms with E-state index in [2.05, 4.69) is 9.97 Å². The largest absolute Gasteiger partial charge is 0.308 e. The summed E-state index contributed by atoms with van der Waals surface area (Å²) in [5.74, 6) is -0.276. The van der Waals surface area contributed by atoms with Crippen molar-refractivity contribution in [2.45, 2.75) is 18.6 Å². The molecule has 1 aromatic heterocycles. The number of primary sulfonamides is 1. The van der Waals surface area contributed by atoms with Gasteiger partial charge in [-0.25, -0.2) is 23.5 Å². The van der Waals surface area contributed by atoms with E-state index < -0.39 is 15.3 Å². The van der Waals surface area contributed by atoms with Crippen molar-refractivity contribution in [2.24, 2.45) is 5.14 Å². The minimum absolute atomic E-state index is 0.0614. The van der Waals surface area contributed by atoms with Gasteiger partial charge in [-0.2, -0.15) is 0 Å². The van der Waals surface area contributed by atoms with Crippen LogP contribution in [0.3, 0.4) is 0 Å². The zero-order chi connectivity index (χ0) is 12.6. The molecule has 8 heteroatoms. The molecule has 0 saturated carbocycles. The number of aryl methyl sites for hydroxylation is 1. The number of nitrogens with zero attached hydrogens (tertiary/aromatic N) is 3. The van der Waals surface area contributed by atoms with Crippen LogP contribution in [0.1, 0.15) is 12.1 Å². The highest BCUT2D eigenvalue weighted by Crippen LogP contribution is 2.25. The second kappa shape index (κ2) is 4.04. The van der Waals surface area contributed by atoms with Gasteiger partial charge >= 0.3 is 0 Å². The normalized spacial score (nSPS) is 20.9. The van der Waals surface area contributed by atoms with Crippen LogP contribution in [0, 0.1) is 6.92 Å². The van der Waals surface area contributed by atoms with E-state index in [0.29, 0.717) is 11.4 Å². The highest BCUT2D eigenvalue weighted by atomic mass is 32.2. The van der Waals surface area contributed by atoms with Gasteiger partial charge in [0.05, 0.1) is 17.6 Å². The Hall–Kier alpha value is -1.54. The smallest absolute Gasteiger partial charge is 0.228 e. The van der Waals surface area contributed by atoms with E-state index in [0.717, 1.165) is 0 Å². The highest BCUT2D eigenvalue weighted by molar-refractivity contribution is 7.89. The predicted octanol–water partition coefficient (Wildman–Crippen LogP) is -0.821. The number of aromatic nitrogens is 2. The Labute approximate surface area is 98.7 Å². The Morgan fingerprint density at radius 2 is 2.24 bits per heavy atom. The van der Waals surface area contributed by atoms with Crippen LogP contribution in [0.2, 0.25) is 0 Å². The SMILES string of the molecule is Cc1ncncc1N1CC(S(N)(=O)=O)CC1=O. The zero-order valence-corrected chi connectivity index (χ0v) is 10.0. The minimum Gasteiger partial charge on any atom is -0.308 e. The van der Waals surface area contributed by atoms with Gasteiger partial charge < -0.3 is 4.90 Å². The Bertz CT molecular complexity index is 557. The molecular formula is C9H12N4O3S. The number of anilines is 1. The summed E-state index contributed by atoms with van der Waals surface area (Å²) >= 11 is 0. The second-order valence-electron chi connectivity index (χ2n) is 3.91. The molecule has 1 unspecified atom stereocenters. The maximum atomic E-state index is 11.7. The number of sulfonamides is 1. The van der Waals surface area contributed by atoms with Crippen molar-refractivity contribution < 1.29 is 13.2 Å². The van der Waals surface area contributed by atoms with Crippen LogP contribution >= 0.6 is 0 Å². The molecule has 1 saturated heterocycles. The van der Waals surface area contributed by atoms with Crippen molar-refractivity contribution in [3.05, 3.63) is 18.2 Å². The van der Waals surface area contributed by atoms with E-state index in [4.69, 9.17) is 5.14 Å². The van der Waals surface area contributed by atoms with Crippen LogP contribution in [0.15, 0.2) is 12.5 Å². The first kappa shape index (κ1) is 11.9. The summed E-state index contributed by atoms with van der Waals surface area (Å²) in [5.41, 5.74) is 1.16. The lowest BCUT2D eigenvalue weighted by atomic mass is 10.3. The van der Waals surface area contributed by atoms with E-state index in [1.165, 1.54) is 17.4 Å². The van der Waals surface area contributed by atoms with Crippen molar-refractivity contribution in [3.63, 3.8) is 0 Å². The fourth-order valence-corrected chi connectivity index (χ4v) is 2.51. The summed E-state index contributed by atoms with van der Waals surface area (Å²) in [6.45, 7) is 1.79. The molecule has 0 aromatic carbocycles. The van der Waals surface area contributed by atoms with Crippen LogP contribution in [0.25, 0.3) is 0 Å². The van der Waals surface area contributed by atoms with Gasteiger partial charge in [0.15, 0.2) is 0 Å². The van der Waals surface area contributed by atoms with Crippen molar-refractivity contribution in [1.82, 2.24) is 9.97 Å². The quantitative estimate of drug-likeness (QED) is 0.744. The van der Waals surface area contributed by atoms with E-state index in [1.807, 2.05) is 0 Å². The Morgan fingerprint density at radius 3 is 2.76 bits per heavy atom. The molecular weight excluding hydrogens is 244 g/mol.